The third-order valence-electron chi connectivity index (χ3n) is 4.49. The summed E-state index contributed by atoms with van der Waals surface area (Å²) in [5, 5.41) is 32.0. The van der Waals surface area contributed by atoms with E-state index in [0.29, 0.717) is 10.9 Å². The molecule has 0 heterocycles. The molecule has 0 amide bonds. The van der Waals surface area contributed by atoms with Crippen LogP contribution < -0.4 is 0 Å². The Bertz CT molecular complexity index is 1260. The first-order valence-electron chi connectivity index (χ1n) is 8.71. The third-order valence-corrected chi connectivity index (χ3v) is 4.79. The van der Waals surface area contributed by atoms with Crippen LogP contribution in [0.15, 0.2) is 89.1 Å². The summed E-state index contributed by atoms with van der Waals surface area (Å²) in [5.41, 5.74) is 1.33. The molecule has 0 fully saturated rings. The van der Waals surface area contributed by atoms with Gasteiger partial charge < -0.3 is 5.11 Å². The fourth-order valence-corrected chi connectivity index (χ4v) is 3.36. The van der Waals surface area contributed by atoms with Gasteiger partial charge in [-0.05, 0) is 29.1 Å². The molecular weight excluding hydrogens is 390 g/mol. The smallest absolute Gasteiger partial charge is 0.315 e. The second-order valence-electron chi connectivity index (χ2n) is 6.27. The molecule has 0 spiro atoms. The number of fused-ring (bicyclic) bond motifs is 1. The molecule has 1 N–H and O–H groups in total. The van der Waals surface area contributed by atoms with Gasteiger partial charge in [-0.1, -0.05) is 72.3 Å². The number of azo groups is 1. The second-order valence-corrected chi connectivity index (χ2v) is 6.68. The van der Waals surface area contributed by atoms with Crippen LogP contribution >= 0.6 is 11.6 Å². The third kappa shape index (κ3) is 3.53. The minimum Gasteiger partial charge on any atom is -0.505 e. The van der Waals surface area contributed by atoms with Crippen LogP contribution in [0.1, 0.15) is 0 Å². The molecule has 7 heteroatoms. The van der Waals surface area contributed by atoms with E-state index in [0.717, 1.165) is 10.9 Å². The van der Waals surface area contributed by atoms with E-state index < -0.39 is 4.92 Å². The lowest BCUT2D eigenvalue weighted by atomic mass is 9.98. The van der Waals surface area contributed by atoms with Gasteiger partial charge in [-0.25, -0.2) is 0 Å². The van der Waals surface area contributed by atoms with E-state index in [4.69, 9.17) is 11.6 Å². The summed E-state index contributed by atoms with van der Waals surface area (Å²) in [6.45, 7) is 0. The molecule has 0 aliphatic heterocycles. The second kappa shape index (κ2) is 7.69. The molecule has 0 saturated carbocycles. The van der Waals surface area contributed by atoms with Crippen LogP contribution in [0.4, 0.5) is 17.1 Å². The number of aromatic hydroxyl groups is 1. The normalized spacial score (nSPS) is 11.2. The SMILES string of the molecule is O=[N+]([O-])c1c(Cl)cccc1N=Nc1c(O)c(-c2ccccc2)cc2ccccc12. The standard InChI is InChI=1S/C22H14ClN3O3/c23-18-11-6-12-19(21(18)26(28)29)24-25-20-16-10-5-4-9-15(16)13-17(22(20)27)14-7-2-1-3-8-14/h1-13,27H. The van der Waals surface area contributed by atoms with Gasteiger partial charge in [0.15, 0.2) is 11.4 Å². The van der Waals surface area contributed by atoms with E-state index in [-0.39, 0.29) is 27.8 Å². The lowest BCUT2D eigenvalue weighted by Gasteiger charge is -2.11. The van der Waals surface area contributed by atoms with Crippen LogP contribution in [0.2, 0.25) is 5.02 Å². The number of hydrogen-bond donors (Lipinski definition) is 1. The Balaban J connectivity index is 1.93. The predicted octanol–water partition coefficient (Wildman–Crippen LogP) is 7.19. The highest BCUT2D eigenvalue weighted by Gasteiger charge is 2.19. The summed E-state index contributed by atoms with van der Waals surface area (Å²) in [5.74, 6) is -0.0525. The number of phenolic OH excluding ortho intramolecular Hbond substituents is 1. The molecule has 142 valence electrons. The number of benzene rings is 4. The summed E-state index contributed by atoms with van der Waals surface area (Å²) in [7, 11) is 0. The van der Waals surface area contributed by atoms with E-state index in [1.807, 2.05) is 60.7 Å². The average Bonchev–Trinajstić information content (AvgIpc) is 2.73. The van der Waals surface area contributed by atoms with E-state index in [2.05, 4.69) is 10.2 Å². The minimum atomic E-state index is -0.602. The average molecular weight is 404 g/mol. The number of nitro groups is 1. The summed E-state index contributed by atoms with van der Waals surface area (Å²) < 4.78 is 0. The Kier molecular flexibility index (Phi) is 4.93. The zero-order valence-electron chi connectivity index (χ0n) is 15.0. The number of nitrogens with zero attached hydrogens (tertiary/aromatic N) is 3. The fraction of sp³-hybridized carbons (Fsp3) is 0. The van der Waals surface area contributed by atoms with Crippen LogP contribution in [-0.2, 0) is 0 Å². The first-order valence-corrected chi connectivity index (χ1v) is 9.09. The largest absolute Gasteiger partial charge is 0.505 e. The number of phenols is 1. The van der Waals surface area contributed by atoms with Crippen molar-refractivity contribution >= 4 is 39.4 Å². The Morgan fingerprint density at radius 1 is 0.897 bits per heavy atom. The summed E-state index contributed by atoms with van der Waals surface area (Å²) >= 11 is 5.95. The van der Waals surface area contributed by atoms with Crippen molar-refractivity contribution in [3.63, 3.8) is 0 Å². The topological polar surface area (TPSA) is 88.1 Å². The van der Waals surface area contributed by atoms with Crippen LogP contribution in [0.3, 0.4) is 0 Å². The number of para-hydroxylation sites is 1. The number of rotatable bonds is 4. The van der Waals surface area contributed by atoms with Crippen molar-refractivity contribution in [3.8, 4) is 16.9 Å². The van der Waals surface area contributed by atoms with Crippen molar-refractivity contribution in [3.05, 3.63) is 94.0 Å². The zero-order chi connectivity index (χ0) is 20.4. The highest BCUT2D eigenvalue weighted by Crippen LogP contribution is 2.44. The Morgan fingerprint density at radius 3 is 2.38 bits per heavy atom. The summed E-state index contributed by atoms with van der Waals surface area (Å²) in [6, 6.07) is 23.1. The maximum Gasteiger partial charge on any atom is 0.315 e. The number of halogens is 1. The highest BCUT2D eigenvalue weighted by atomic mass is 35.5. The predicted molar refractivity (Wildman–Crippen MR) is 113 cm³/mol. The monoisotopic (exact) mass is 403 g/mol. The van der Waals surface area contributed by atoms with Gasteiger partial charge in [0.25, 0.3) is 0 Å². The Hall–Kier alpha value is -3.77. The maximum absolute atomic E-state index is 11.3. The van der Waals surface area contributed by atoms with E-state index in [1.165, 1.54) is 12.1 Å². The first kappa shape index (κ1) is 18.6. The van der Waals surface area contributed by atoms with Crippen molar-refractivity contribution in [2.24, 2.45) is 10.2 Å². The molecule has 4 aromatic rings. The van der Waals surface area contributed by atoms with Crippen molar-refractivity contribution in [2.75, 3.05) is 0 Å². The van der Waals surface area contributed by atoms with Crippen molar-refractivity contribution in [1.29, 1.82) is 0 Å². The van der Waals surface area contributed by atoms with Crippen LogP contribution in [0.5, 0.6) is 5.75 Å². The quantitative estimate of drug-likeness (QED) is 0.222. The van der Waals surface area contributed by atoms with E-state index in [1.54, 1.807) is 6.07 Å². The van der Waals surface area contributed by atoms with Crippen LogP contribution in [0, 0.1) is 10.1 Å². The van der Waals surface area contributed by atoms with Crippen molar-refractivity contribution in [2.45, 2.75) is 0 Å². The first-order chi connectivity index (χ1) is 14.1. The molecule has 4 aromatic carbocycles. The van der Waals surface area contributed by atoms with Gasteiger partial charge in [0.05, 0.1) is 4.92 Å². The fourth-order valence-electron chi connectivity index (χ4n) is 3.13. The van der Waals surface area contributed by atoms with Gasteiger partial charge in [-0.2, -0.15) is 0 Å². The molecule has 0 bridgehead atoms. The van der Waals surface area contributed by atoms with Gasteiger partial charge in [-0.15, -0.1) is 10.2 Å². The molecule has 0 radical (unpaired) electrons. The summed E-state index contributed by atoms with van der Waals surface area (Å²) in [6.07, 6.45) is 0. The molecule has 4 rings (SSSR count). The Morgan fingerprint density at radius 2 is 1.62 bits per heavy atom. The number of hydrogen-bond acceptors (Lipinski definition) is 5. The van der Waals surface area contributed by atoms with E-state index >= 15 is 0 Å². The van der Waals surface area contributed by atoms with Crippen LogP contribution in [-0.4, -0.2) is 10.0 Å². The molecule has 29 heavy (non-hydrogen) atoms. The lowest BCUT2D eigenvalue weighted by Crippen LogP contribution is -1.89. The van der Waals surface area contributed by atoms with Gasteiger partial charge in [0.2, 0.25) is 0 Å². The van der Waals surface area contributed by atoms with Crippen molar-refractivity contribution < 1.29 is 10.0 Å². The van der Waals surface area contributed by atoms with Gasteiger partial charge in [0.1, 0.15) is 10.7 Å². The molecule has 0 aliphatic rings. The lowest BCUT2D eigenvalue weighted by molar-refractivity contribution is -0.383. The van der Waals surface area contributed by atoms with Gasteiger partial charge >= 0.3 is 5.69 Å². The zero-order valence-corrected chi connectivity index (χ0v) is 15.7. The Labute approximate surface area is 170 Å². The molecule has 6 nitrogen and oxygen atoms in total. The van der Waals surface area contributed by atoms with Crippen LogP contribution in [0.25, 0.3) is 21.9 Å². The van der Waals surface area contributed by atoms with E-state index in [9.17, 15) is 15.2 Å². The molecule has 0 aromatic heterocycles. The molecule has 0 saturated heterocycles. The van der Waals surface area contributed by atoms with Gasteiger partial charge in [0, 0.05) is 10.9 Å². The maximum atomic E-state index is 11.3. The molecule has 0 atom stereocenters. The highest BCUT2D eigenvalue weighted by molar-refractivity contribution is 6.33. The van der Waals surface area contributed by atoms with Gasteiger partial charge in [-0.3, -0.25) is 10.1 Å². The minimum absolute atomic E-state index is 0.0103. The van der Waals surface area contributed by atoms with Crippen molar-refractivity contribution in [1.82, 2.24) is 0 Å². The molecule has 0 unspecified atom stereocenters. The molecular formula is C22H14ClN3O3. The molecule has 0 aliphatic carbocycles. The number of nitro benzene ring substituents is 1. The summed E-state index contributed by atoms with van der Waals surface area (Å²) in [4.78, 5) is 10.7.